The molecule has 7 rings (SSSR count). The number of benzene rings is 5. The molecule has 1 aliphatic rings. The Hall–Kier alpha value is -4.87. The number of pyridine rings is 1. The van der Waals surface area contributed by atoms with E-state index in [-0.39, 0.29) is 44.5 Å². The number of hydrogen-bond acceptors (Lipinski definition) is 5. The number of phenols is 1. The van der Waals surface area contributed by atoms with E-state index in [0.717, 1.165) is 28.1 Å². The van der Waals surface area contributed by atoms with Crippen molar-refractivity contribution in [3.63, 3.8) is 0 Å². The minimum absolute atomic E-state index is 0. The van der Waals surface area contributed by atoms with Gasteiger partial charge in [-0.05, 0) is 59.5 Å². The van der Waals surface area contributed by atoms with Crippen LogP contribution in [0.1, 0.15) is 34.4 Å². The molecule has 0 saturated carbocycles. The van der Waals surface area contributed by atoms with E-state index in [1.165, 1.54) is 12.1 Å². The number of aryl methyl sites for hydroxylation is 1. The summed E-state index contributed by atoms with van der Waals surface area (Å²) in [5.74, 6) is -0.628. The maximum absolute atomic E-state index is 14.3. The summed E-state index contributed by atoms with van der Waals surface area (Å²) in [5, 5.41) is 11.2. The number of fused-ring (bicyclic) bond motifs is 1. The Bertz CT molecular complexity index is 2020. The second-order valence-corrected chi connectivity index (χ2v) is 10.7. The molecule has 5 nitrogen and oxygen atoms in total. The topological polar surface area (TPSA) is 63.9 Å². The molecule has 0 aliphatic carbocycles. The molecule has 1 N–H and O–H groups in total. The molecule has 2 heterocycles. The van der Waals surface area contributed by atoms with Gasteiger partial charge in [0.15, 0.2) is 0 Å². The average Bonchev–Trinajstić information content (AvgIpc) is 3.48. The number of aromatic nitrogens is 1. The van der Waals surface area contributed by atoms with E-state index >= 15 is 0 Å². The molecule has 8 heteroatoms. The van der Waals surface area contributed by atoms with Gasteiger partial charge in [0, 0.05) is 44.3 Å². The predicted octanol–water partition coefficient (Wildman–Crippen LogP) is 9.04. The molecule has 5 aromatic carbocycles. The van der Waals surface area contributed by atoms with Crippen molar-refractivity contribution in [3.05, 3.63) is 155 Å². The fraction of sp³-hybridized carbons (Fsp3) is 0.0811. The Balaban J connectivity index is 0.00000357. The van der Waals surface area contributed by atoms with Crippen LogP contribution >= 0.6 is 0 Å². The van der Waals surface area contributed by atoms with Gasteiger partial charge in [0.2, 0.25) is 5.88 Å². The van der Waals surface area contributed by atoms with Crippen LogP contribution < -0.4 is 4.74 Å². The van der Waals surface area contributed by atoms with Gasteiger partial charge in [-0.1, -0.05) is 83.9 Å². The molecule has 1 aliphatic heterocycles. The first-order chi connectivity index (χ1) is 21.4. The van der Waals surface area contributed by atoms with E-state index in [9.17, 15) is 13.9 Å². The molecule has 45 heavy (non-hydrogen) atoms. The van der Waals surface area contributed by atoms with Crippen molar-refractivity contribution in [2.24, 2.45) is 4.99 Å². The van der Waals surface area contributed by atoms with Gasteiger partial charge in [0.05, 0.1) is 0 Å². The molecule has 226 valence electrons. The number of halogens is 2. The van der Waals surface area contributed by atoms with Gasteiger partial charge >= 0.3 is 0 Å². The third-order valence-electron chi connectivity index (χ3n) is 7.43. The Morgan fingerprint density at radius 3 is 2.16 bits per heavy atom. The normalized spacial score (nSPS) is 15.7. The first kappa shape index (κ1) is 30.2. The second-order valence-electron chi connectivity index (χ2n) is 10.7. The quantitative estimate of drug-likeness (QED) is 0.172. The zero-order valence-electron chi connectivity index (χ0n) is 23.9. The van der Waals surface area contributed by atoms with Crippen LogP contribution in [0.3, 0.4) is 0 Å². The maximum atomic E-state index is 14.3. The minimum Gasteiger partial charge on any atom is -0.510 e. The fourth-order valence-corrected chi connectivity index (χ4v) is 5.45. The Morgan fingerprint density at radius 1 is 0.778 bits per heavy atom. The molecular formula is C37H25F2N2O3Pt-. The summed E-state index contributed by atoms with van der Waals surface area (Å²) in [6, 6.07) is 36.3. The molecular weight excluding hydrogens is 753 g/mol. The summed E-state index contributed by atoms with van der Waals surface area (Å²) in [6.07, 6.45) is -0.407. The molecule has 0 radical (unpaired) electrons. The van der Waals surface area contributed by atoms with Gasteiger partial charge < -0.3 is 14.6 Å². The van der Waals surface area contributed by atoms with Crippen LogP contribution in [0.15, 0.2) is 120 Å². The molecule has 0 fully saturated rings. The van der Waals surface area contributed by atoms with E-state index in [4.69, 9.17) is 14.5 Å². The minimum atomic E-state index is -0.707. The van der Waals surface area contributed by atoms with Crippen molar-refractivity contribution in [3.8, 4) is 28.5 Å². The van der Waals surface area contributed by atoms with Crippen molar-refractivity contribution < 1.29 is 44.4 Å². The average molecular weight is 779 g/mol. The largest absolute Gasteiger partial charge is 0.510 e. The van der Waals surface area contributed by atoms with E-state index in [1.807, 2.05) is 73.7 Å². The van der Waals surface area contributed by atoms with Crippen LogP contribution in [0.25, 0.3) is 22.0 Å². The number of phenolic OH excluding ortho intramolecular Hbond substituents is 1. The first-order valence-electron chi connectivity index (χ1n) is 14.1. The number of hydrogen-bond donors (Lipinski definition) is 1. The Morgan fingerprint density at radius 2 is 1.44 bits per heavy atom. The van der Waals surface area contributed by atoms with Crippen LogP contribution in [-0.2, 0) is 25.8 Å². The molecule has 0 amide bonds. The summed E-state index contributed by atoms with van der Waals surface area (Å²) in [7, 11) is 0. The summed E-state index contributed by atoms with van der Waals surface area (Å²) < 4.78 is 41.2. The van der Waals surface area contributed by atoms with E-state index in [2.05, 4.69) is 11.1 Å². The van der Waals surface area contributed by atoms with Gasteiger partial charge in [-0.15, -0.1) is 6.07 Å². The summed E-state index contributed by atoms with van der Waals surface area (Å²) in [6.45, 7) is 1.89. The third-order valence-corrected chi connectivity index (χ3v) is 7.43. The van der Waals surface area contributed by atoms with E-state index in [0.29, 0.717) is 28.1 Å². The summed E-state index contributed by atoms with van der Waals surface area (Å²) in [5.41, 5.74) is 4.44. The summed E-state index contributed by atoms with van der Waals surface area (Å²) >= 11 is 0. The molecule has 6 aromatic rings. The van der Waals surface area contributed by atoms with Crippen molar-refractivity contribution in [1.29, 1.82) is 0 Å². The van der Waals surface area contributed by atoms with Gasteiger partial charge in [0.25, 0.3) is 0 Å². The molecule has 1 aromatic heterocycles. The number of nitrogens with zero attached hydrogens (tertiary/aromatic N) is 2. The zero-order valence-corrected chi connectivity index (χ0v) is 26.1. The molecule has 2 atom stereocenters. The SMILES string of the molecule is Cc1cc(O)c2nc(Oc3[c-]c(C4=N[C@@H](c5ccccc5)[C@@H](c5ccccc5)O4)cc(-c4cc(F)cc(F)c4)c3)ccc2c1.[Pt]. The van der Waals surface area contributed by atoms with Crippen LogP contribution in [0, 0.1) is 24.6 Å². The van der Waals surface area contributed by atoms with Crippen LogP contribution in [0.2, 0.25) is 0 Å². The fourth-order valence-electron chi connectivity index (χ4n) is 5.45. The number of ether oxygens (including phenoxy) is 2. The van der Waals surface area contributed by atoms with Crippen LogP contribution in [0.4, 0.5) is 8.78 Å². The van der Waals surface area contributed by atoms with Gasteiger partial charge in [-0.2, -0.15) is 0 Å². The monoisotopic (exact) mass is 778 g/mol. The van der Waals surface area contributed by atoms with Crippen molar-refractivity contribution in [2.75, 3.05) is 0 Å². The second kappa shape index (κ2) is 12.6. The van der Waals surface area contributed by atoms with E-state index < -0.39 is 17.7 Å². The van der Waals surface area contributed by atoms with E-state index in [1.54, 1.807) is 30.3 Å². The van der Waals surface area contributed by atoms with Gasteiger partial charge in [-0.3, -0.25) is 4.99 Å². The molecule has 0 unspecified atom stereocenters. The number of aliphatic imine (C=N–C) groups is 1. The molecule has 0 spiro atoms. The first-order valence-corrected chi connectivity index (χ1v) is 14.1. The molecule has 0 bridgehead atoms. The third kappa shape index (κ3) is 6.35. The standard InChI is InChI=1S/C37H25F2N2O3.Pt/c1-22-14-25-12-13-33(40-34(25)32(42)15-22)43-31-19-26(27-17-29(38)21-30(39)18-27)16-28(20-31)37-41-35(23-8-4-2-5-9-23)36(44-37)24-10-6-3-7-11-24;/h2-19,21,35-36,42H,1H3;/q-1;/t35-,36+;/m0./s1. The number of aromatic hydroxyl groups is 1. The molecule has 0 saturated heterocycles. The predicted molar refractivity (Wildman–Crippen MR) is 165 cm³/mol. The van der Waals surface area contributed by atoms with Gasteiger partial charge in [0.1, 0.15) is 40.9 Å². The summed E-state index contributed by atoms with van der Waals surface area (Å²) in [4.78, 5) is 9.47. The Labute approximate surface area is 273 Å². The Kier molecular flexibility index (Phi) is 8.46. The number of rotatable bonds is 6. The maximum Gasteiger partial charge on any atom is 0.217 e. The van der Waals surface area contributed by atoms with Crippen LogP contribution in [-0.4, -0.2) is 16.0 Å². The van der Waals surface area contributed by atoms with Crippen molar-refractivity contribution in [2.45, 2.75) is 19.1 Å². The van der Waals surface area contributed by atoms with Crippen molar-refractivity contribution in [1.82, 2.24) is 4.98 Å². The smallest absolute Gasteiger partial charge is 0.217 e. The van der Waals surface area contributed by atoms with Crippen molar-refractivity contribution >= 4 is 16.8 Å². The van der Waals surface area contributed by atoms with Crippen LogP contribution in [0.5, 0.6) is 17.4 Å². The van der Waals surface area contributed by atoms with Gasteiger partial charge in [-0.25, -0.2) is 13.8 Å². The zero-order chi connectivity index (χ0) is 30.2.